The lowest BCUT2D eigenvalue weighted by atomic mass is 10.2. The molecular weight excluding hydrogens is 334 g/mol. The number of carbonyl (C=O) groups excluding carboxylic acids is 1. The van der Waals surface area contributed by atoms with E-state index in [9.17, 15) is 4.79 Å². The molecule has 0 saturated carbocycles. The molecule has 1 heterocycles. The van der Waals surface area contributed by atoms with Gasteiger partial charge in [0, 0.05) is 6.54 Å². The number of rotatable bonds is 5. The number of fused-ring (bicyclic) bond motifs is 1. The molecule has 126 valence electrons. The molecule has 1 aromatic heterocycles. The van der Waals surface area contributed by atoms with Crippen LogP contribution in [0.3, 0.4) is 0 Å². The number of anilines is 1. The summed E-state index contributed by atoms with van der Waals surface area (Å²) in [7, 11) is 0. The van der Waals surface area contributed by atoms with Gasteiger partial charge in [0.2, 0.25) is 0 Å². The molecule has 0 spiro atoms. The van der Waals surface area contributed by atoms with Crippen LogP contribution in [0.15, 0.2) is 48.5 Å². The van der Waals surface area contributed by atoms with Crippen molar-refractivity contribution in [2.75, 3.05) is 11.4 Å². The molecule has 0 aliphatic rings. The zero-order chi connectivity index (χ0) is 17.8. The third-order valence-electron chi connectivity index (χ3n) is 3.74. The van der Waals surface area contributed by atoms with Gasteiger partial charge in [-0.05, 0) is 50.2 Å². The molecule has 1 unspecified atom stereocenters. The Hall–Kier alpha value is -2.91. The molecule has 0 bridgehead atoms. The highest BCUT2D eigenvalue weighted by molar-refractivity contribution is 7.22. The quantitative estimate of drug-likeness (QED) is 0.697. The van der Waals surface area contributed by atoms with E-state index in [1.807, 2.05) is 31.2 Å². The zero-order valence-corrected chi connectivity index (χ0v) is 14.8. The number of carbonyl (C=O) groups is 1. The Morgan fingerprint density at radius 1 is 1.28 bits per heavy atom. The van der Waals surface area contributed by atoms with Gasteiger partial charge in [0.1, 0.15) is 5.75 Å². The summed E-state index contributed by atoms with van der Waals surface area (Å²) in [4.78, 5) is 19.0. The van der Waals surface area contributed by atoms with Crippen LogP contribution in [0.25, 0.3) is 10.2 Å². The van der Waals surface area contributed by atoms with Crippen LogP contribution in [0.5, 0.6) is 5.75 Å². The van der Waals surface area contributed by atoms with Crippen LogP contribution in [0.1, 0.15) is 19.4 Å². The van der Waals surface area contributed by atoms with Gasteiger partial charge in [-0.2, -0.15) is 5.26 Å². The molecule has 0 radical (unpaired) electrons. The number of benzene rings is 2. The first kappa shape index (κ1) is 16.9. The number of hydrogen-bond acceptors (Lipinski definition) is 5. The summed E-state index contributed by atoms with van der Waals surface area (Å²) in [5, 5.41) is 9.50. The number of aromatic nitrogens is 1. The predicted molar refractivity (Wildman–Crippen MR) is 98.9 cm³/mol. The van der Waals surface area contributed by atoms with Crippen LogP contribution in [-0.2, 0) is 4.79 Å². The molecule has 25 heavy (non-hydrogen) atoms. The number of likely N-dealkylation sites (N-methyl/N-ethyl adjacent to an activating group) is 1. The first-order valence-corrected chi connectivity index (χ1v) is 8.77. The van der Waals surface area contributed by atoms with Gasteiger partial charge in [-0.25, -0.2) is 4.98 Å². The first-order chi connectivity index (χ1) is 12.1. The number of para-hydroxylation sites is 1. The number of ether oxygens (including phenoxy) is 1. The number of nitrogens with zero attached hydrogens (tertiary/aromatic N) is 3. The van der Waals surface area contributed by atoms with E-state index >= 15 is 0 Å². The highest BCUT2D eigenvalue weighted by atomic mass is 32.1. The molecule has 3 rings (SSSR count). The van der Waals surface area contributed by atoms with E-state index in [-0.39, 0.29) is 5.91 Å². The largest absolute Gasteiger partial charge is 0.481 e. The smallest absolute Gasteiger partial charge is 0.269 e. The maximum atomic E-state index is 12.8. The second-order valence-corrected chi connectivity index (χ2v) is 6.45. The average Bonchev–Trinajstić information content (AvgIpc) is 3.06. The average molecular weight is 351 g/mol. The van der Waals surface area contributed by atoms with Gasteiger partial charge in [0.15, 0.2) is 11.2 Å². The minimum atomic E-state index is -0.653. The molecule has 1 atom stereocenters. The van der Waals surface area contributed by atoms with Gasteiger partial charge in [-0.3, -0.25) is 9.69 Å². The Labute approximate surface area is 150 Å². The Morgan fingerprint density at radius 2 is 2.00 bits per heavy atom. The van der Waals surface area contributed by atoms with Gasteiger partial charge in [-0.1, -0.05) is 23.5 Å². The molecule has 5 nitrogen and oxygen atoms in total. The molecule has 0 saturated heterocycles. The van der Waals surface area contributed by atoms with Crippen molar-refractivity contribution in [2.45, 2.75) is 20.0 Å². The highest BCUT2D eigenvalue weighted by Gasteiger charge is 2.24. The molecule has 0 N–H and O–H groups in total. The van der Waals surface area contributed by atoms with Crippen LogP contribution in [0.4, 0.5) is 5.13 Å². The summed E-state index contributed by atoms with van der Waals surface area (Å²) in [5.74, 6) is 0.408. The van der Waals surface area contributed by atoms with Gasteiger partial charge >= 0.3 is 0 Å². The Bertz CT molecular complexity index is 895. The maximum Gasteiger partial charge on any atom is 0.269 e. The van der Waals surface area contributed by atoms with Crippen LogP contribution in [-0.4, -0.2) is 23.5 Å². The summed E-state index contributed by atoms with van der Waals surface area (Å²) >= 11 is 1.49. The molecule has 6 heteroatoms. The van der Waals surface area contributed by atoms with Crippen molar-refractivity contribution in [3.05, 3.63) is 54.1 Å². The van der Waals surface area contributed by atoms with Crippen LogP contribution < -0.4 is 9.64 Å². The summed E-state index contributed by atoms with van der Waals surface area (Å²) < 4.78 is 6.78. The molecule has 0 aliphatic heterocycles. The van der Waals surface area contributed by atoms with Gasteiger partial charge in [-0.15, -0.1) is 0 Å². The van der Waals surface area contributed by atoms with Gasteiger partial charge < -0.3 is 4.74 Å². The Morgan fingerprint density at radius 3 is 2.64 bits per heavy atom. The summed E-state index contributed by atoms with van der Waals surface area (Å²) in [6, 6.07) is 16.6. The van der Waals surface area contributed by atoms with Crippen molar-refractivity contribution in [1.29, 1.82) is 5.26 Å². The minimum absolute atomic E-state index is 0.147. The fraction of sp³-hybridized carbons (Fsp3) is 0.211. The van der Waals surface area contributed by atoms with Crippen LogP contribution >= 0.6 is 11.3 Å². The van der Waals surface area contributed by atoms with E-state index in [1.54, 1.807) is 36.1 Å². The topological polar surface area (TPSA) is 66.2 Å². The lowest BCUT2D eigenvalue weighted by Gasteiger charge is -2.22. The monoisotopic (exact) mass is 351 g/mol. The third kappa shape index (κ3) is 3.62. The second-order valence-electron chi connectivity index (χ2n) is 5.44. The zero-order valence-electron chi connectivity index (χ0n) is 14.0. The Balaban J connectivity index is 1.77. The summed E-state index contributed by atoms with van der Waals surface area (Å²) in [6.07, 6.45) is -0.653. The molecule has 1 amide bonds. The summed E-state index contributed by atoms with van der Waals surface area (Å²) in [6.45, 7) is 4.15. The van der Waals surface area contributed by atoms with Crippen LogP contribution in [0, 0.1) is 11.3 Å². The fourth-order valence-corrected chi connectivity index (χ4v) is 3.48. The number of nitriles is 1. The van der Waals surface area contributed by atoms with E-state index in [4.69, 9.17) is 10.00 Å². The van der Waals surface area contributed by atoms with E-state index in [0.29, 0.717) is 23.0 Å². The van der Waals surface area contributed by atoms with Crippen molar-refractivity contribution in [2.24, 2.45) is 0 Å². The number of amides is 1. The lowest BCUT2D eigenvalue weighted by Crippen LogP contribution is -2.40. The standard InChI is InChI=1S/C19H17N3O2S/c1-3-22(19-21-16-6-4-5-7-17(16)25-19)18(23)13(2)24-15-10-8-14(12-20)9-11-15/h4-11,13H,3H2,1-2H3. The van der Waals surface area contributed by atoms with Crippen molar-refractivity contribution in [1.82, 2.24) is 4.98 Å². The predicted octanol–water partition coefficient (Wildman–Crippen LogP) is 3.99. The van der Waals surface area contributed by atoms with Gasteiger partial charge in [0.05, 0.1) is 21.8 Å². The van der Waals surface area contributed by atoms with Gasteiger partial charge in [0.25, 0.3) is 5.91 Å². The fourth-order valence-electron chi connectivity index (χ4n) is 2.44. The van der Waals surface area contributed by atoms with Crippen molar-refractivity contribution in [3.8, 4) is 11.8 Å². The van der Waals surface area contributed by atoms with E-state index in [0.717, 1.165) is 10.2 Å². The second kappa shape index (κ2) is 7.32. The number of hydrogen-bond donors (Lipinski definition) is 0. The first-order valence-electron chi connectivity index (χ1n) is 7.96. The van der Waals surface area contributed by atoms with E-state index < -0.39 is 6.10 Å². The highest BCUT2D eigenvalue weighted by Crippen LogP contribution is 2.29. The summed E-state index contributed by atoms with van der Waals surface area (Å²) in [5.41, 5.74) is 1.44. The maximum absolute atomic E-state index is 12.8. The number of thiazole rings is 1. The lowest BCUT2D eigenvalue weighted by molar-refractivity contribution is -0.124. The van der Waals surface area contributed by atoms with Crippen LogP contribution in [0.2, 0.25) is 0 Å². The minimum Gasteiger partial charge on any atom is -0.481 e. The molecule has 3 aromatic rings. The van der Waals surface area contributed by atoms with E-state index in [2.05, 4.69) is 11.1 Å². The SMILES string of the molecule is CCN(C(=O)C(C)Oc1ccc(C#N)cc1)c1nc2ccccc2s1. The molecular formula is C19H17N3O2S. The van der Waals surface area contributed by atoms with Crippen molar-refractivity contribution in [3.63, 3.8) is 0 Å². The normalized spacial score (nSPS) is 11.7. The molecule has 2 aromatic carbocycles. The third-order valence-corrected chi connectivity index (χ3v) is 4.80. The Kier molecular flexibility index (Phi) is 4.96. The molecule has 0 fully saturated rings. The van der Waals surface area contributed by atoms with E-state index in [1.165, 1.54) is 11.3 Å². The van der Waals surface area contributed by atoms with Crippen molar-refractivity contribution < 1.29 is 9.53 Å². The molecule has 0 aliphatic carbocycles. The van der Waals surface area contributed by atoms with Crippen molar-refractivity contribution >= 4 is 32.6 Å².